The molecule has 0 aliphatic carbocycles. The molecule has 2 nitrogen and oxygen atoms in total. The zero-order chi connectivity index (χ0) is 8.39. The Morgan fingerprint density at radius 2 is 2.17 bits per heavy atom. The van der Waals surface area contributed by atoms with Gasteiger partial charge < -0.3 is 5.32 Å². The molecule has 2 aliphatic heterocycles. The molecule has 2 atom stereocenters. The predicted molar refractivity (Wildman–Crippen MR) is 51.0 cm³/mol. The molecule has 0 bridgehead atoms. The van der Waals surface area contributed by atoms with Crippen LogP contribution in [-0.4, -0.2) is 30.7 Å². The molecule has 2 fully saturated rings. The number of nitrogens with zero attached hydrogens (tertiary/aromatic N) is 1. The van der Waals surface area contributed by atoms with Crippen molar-refractivity contribution >= 4 is 0 Å². The van der Waals surface area contributed by atoms with E-state index < -0.39 is 0 Å². The van der Waals surface area contributed by atoms with E-state index in [0.29, 0.717) is 6.17 Å². The van der Waals surface area contributed by atoms with E-state index in [-0.39, 0.29) is 0 Å². The number of hydrogen-bond donors (Lipinski definition) is 1. The maximum Gasteiger partial charge on any atom is 0.0597 e. The highest BCUT2D eigenvalue weighted by Crippen LogP contribution is 2.20. The molecular weight excluding hydrogens is 148 g/mol. The highest BCUT2D eigenvalue weighted by atomic mass is 15.3. The maximum atomic E-state index is 3.57. The number of rotatable bonds is 1. The first-order valence-corrected chi connectivity index (χ1v) is 5.33. The first-order chi connectivity index (χ1) is 5.86. The third-order valence-corrected chi connectivity index (χ3v) is 3.16. The molecule has 0 amide bonds. The van der Waals surface area contributed by atoms with Crippen LogP contribution in [0.2, 0.25) is 0 Å². The zero-order valence-electron chi connectivity index (χ0n) is 8.05. The summed E-state index contributed by atoms with van der Waals surface area (Å²) in [5.74, 6) is 0.918. The fraction of sp³-hybridized carbons (Fsp3) is 1.00. The minimum atomic E-state index is 0.716. The van der Waals surface area contributed by atoms with Crippen molar-refractivity contribution in [2.24, 2.45) is 5.92 Å². The van der Waals surface area contributed by atoms with Crippen LogP contribution in [-0.2, 0) is 0 Å². The van der Waals surface area contributed by atoms with Crippen molar-refractivity contribution in [1.29, 1.82) is 0 Å². The maximum absolute atomic E-state index is 3.57. The van der Waals surface area contributed by atoms with E-state index >= 15 is 0 Å². The van der Waals surface area contributed by atoms with Gasteiger partial charge in [0, 0.05) is 6.54 Å². The smallest absolute Gasteiger partial charge is 0.0597 e. The van der Waals surface area contributed by atoms with Gasteiger partial charge in [0.05, 0.1) is 6.17 Å². The van der Waals surface area contributed by atoms with E-state index in [9.17, 15) is 0 Å². The molecule has 0 aromatic heterocycles. The van der Waals surface area contributed by atoms with E-state index in [2.05, 4.69) is 17.1 Å². The topological polar surface area (TPSA) is 15.3 Å². The van der Waals surface area contributed by atoms with Crippen molar-refractivity contribution in [3.8, 4) is 0 Å². The molecular formula is C10H20N2. The Morgan fingerprint density at radius 1 is 1.25 bits per heavy atom. The Labute approximate surface area is 75.3 Å². The second-order valence-corrected chi connectivity index (χ2v) is 4.35. The monoisotopic (exact) mass is 168 g/mol. The SMILES string of the molecule is CC1CCCN(C2CCCN2)C1. The molecule has 1 N–H and O–H groups in total. The van der Waals surface area contributed by atoms with Gasteiger partial charge in [-0.05, 0) is 44.7 Å². The summed E-state index contributed by atoms with van der Waals surface area (Å²) in [5, 5.41) is 3.57. The van der Waals surface area contributed by atoms with Crippen LogP contribution in [0.25, 0.3) is 0 Å². The van der Waals surface area contributed by atoms with Gasteiger partial charge in [-0.1, -0.05) is 6.92 Å². The van der Waals surface area contributed by atoms with Gasteiger partial charge >= 0.3 is 0 Å². The molecule has 2 aliphatic rings. The van der Waals surface area contributed by atoms with Gasteiger partial charge in [0.1, 0.15) is 0 Å². The van der Waals surface area contributed by atoms with E-state index in [1.54, 1.807) is 0 Å². The molecule has 2 rings (SSSR count). The molecule has 0 aromatic rings. The minimum Gasteiger partial charge on any atom is -0.302 e. The lowest BCUT2D eigenvalue weighted by Crippen LogP contribution is -2.46. The largest absolute Gasteiger partial charge is 0.302 e. The van der Waals surface area contributed by atoms with Crippen molar-refractivity contribution in [3.05, 3.63) is 0 Å². The Balaban J connectivity index is 1.85. The fourth-order valence-electron chi connectivity index (χ4n) is 2.49. The fourth-order valence-corrected chi connectivity index (χ4v) is 2.49. The number of piperidine rings is 1. The van der Waals surface area contributed by atoms with Gasteiger partial charge in [-0.2, -0.15) is 0 Å². The zero-order valence-corrected chi connectivity index (χ0v) is 8.05. The Bertz CT molecular complexity index is 141. The summed E-state index contributed by atoms with van der Waals surface area (Å²) < 4.78 is 0. The van der Waals surface area contributed by atoms with Gasteiger partial charge in [-0.3, -0.25) is 4.90 Å². The van der Waals surface area contributed by atoms with Gasteiger partial charge in [-0.15, -0.1) is 0 Å². The highest BCUT2D eigenvalue weighted by Gasteiger charge is 2.25. The standard InChI is InChI=1S/C10H20N2/c1-9-4-3-7-12(8-9)10-5-2-6-11-10/h9-11H,2-8H2,1H3. The Kier molecular flexibility index (Phi) is 2.66. The Morgan fingerprint density at radius 3 is 2.83 bits per heavy atom. The molecule has 0 radical (unpaired) electrons. The third kappa shape index (κ3) is 1.80. The van der Waals surface area contributed by atoms with E-state index in [1.807, 2.05) is 0 Å². The number of nitrogens with one attached hydrogen (secondary N) is 1. The van der Waals surface area contributed by atoms with Crippen LogP contribution in [0, 0.1) is 5.92 Å². The third-order valence-electron chi connectivity index (χ3n) is 3.16. The van der Waals surface area contributed by atoms with Crippen LogP contribution < -0.4 is 5.32 Å². The molecule has 0 saturated carbocycles. The second-order valence-electron chi connectivity index (χ2n) is 4.35. The van der Waals surface area contributed by atoms with Crippen LogP contribution in [0.1, 0.15) is 32.6 Å². The summed E-state index contributed by atoms with van der Waals surface area (Å²) in [7, 11) is 0. The molecule has 2 saturated heterocycles. The molecule has 0 aromatic carbocycles. The van der Waals surface area contributed by atoms with Crippen molar-refractivity contribution in [2.45, 2.75) is 38.8 Å². The first kappa shape index (κ1) is 8.52. The lowest BCUT2D eigenvalue weighted by Gasteiger charge is -2.35. The van der Waals surface area contributed by atoms with Crippen molar-refractivity contribution in [3.63, 3.8) is 0 Å². The normalized spacial score (nSPS) is 38.8. The van der Waals surface area contributed by atoms with Gasteiger partial charge in [0.25, 0.3) is 0 Å². The first-order valence-electron chi connectivity index (χ1n) is 5.33. The summed E-state index contributed by atoms with van der Waals surface area (Å²) in [6.07, 6.45) is 6.29. The summed E-state index contributed by atoms with van der Waals surface area (Å²) in [4.78, 5) is 2.64. The molecule has 70 valence electrons. The van der Waals surface area contributed by atoms with Crippen LogP contribution in [0.15, 0.2) is 0 Å². The Hall–Kier alpha value is -0.0800. The van der Waals surface area contributed by atoms with Crippen LogP contribution in [0.5, 0.6) is 0 Å². The molecule has 2 unspecified atom stereocenters. The molecule has 12 heavy (non-hydrogen) atoms. The average molecular weight is 168 g/mol. The van der Waals surface area contributed by atoms with E-state index in [0.717, 1.165) is 5.92 Å². The summed E-state index contributed by atoms with van der Waals surface area (Å²) >= 11 is 0. The highest BCUT2D eigenvalue weighted by molar-refractivity contribution is 4.79. The van der Waals surface area contributed by atoms with Crippen molar-refractivity contribution in [1.82, 2.24) is 10.2 Å². The molecule has 2 heterocycles. The van der Waals surface area contributed by atoms with E-state index in [4.69, 9.17) is 0 Å². The number of hydrogen-bond acceptors (Lipinski definition) is 2. The van der Waals surface area contributed by atoms with E-state index in [1.165, 1.54) is 45.3 Å². The second kappa shape index (κ2) is 3.75. The van der Waals surface area contributed by atoms with Gasteiger partial charge in [0.2, 0.25) is 0 Å². The van der Waals surface area contributed by atoms with Gasteiger partial charge in [-0.25, -0.2) is 0 Å². The summed E-state index contributed by atoms with van der Waals surface area (Å²) in [6, 6.07) is 0. The van der Waals surface area contributed by atoms with Gasteiger partial charge in [0.15, 0.2) is 0 Å². The van der Waals surface area contributed by atoms with Crippen molar-refractivity contribution < 1.29 is 0 Å². The van der Waals surface area contributed by atoms with Crippen molar-refractivity contribution in [2.75, 3.05) is 19.6 Å². The minimum absolute atomic E-state index is 0.716. The predicted octanol–water partition coefficient (Wildman–Crippen LogP) is 1.43. The summed E-state index contributed by atoms with van der Waals surface area (Å²) in [6.45, 7) is 6.25. The summed E-state index contributed by atoms with van der Waals surface area (Å²) in [5.41, 5.74) is 0. The average Bonchev–Trinajstić information content (AvgIpc) is 2.56. The lowest BCUT2D eigenvalue weighted by molar-refractivity contribution is 0.120. The van der Waals surface area contributed by atoms with Crippen LogP contribution >= 0.6 is 0 Å². The van der Waals surface area contributed by atoms with Crippen LogP contribution in [0.3, 0.4) is 0 Å². The lowest BCUT2D eigenvalue weighted by atomic mass is 10.00. The quantitative estimate of drug-likeness (QED) is 0.637. The molecule has 2 heteroatoms. The number of likely N-dealkylation sites (tertiary alicyclic amines) is 1. The molecule has 0 spiro atoms. The van der Waals surface area contributed by atoms with Crippen LogP contribution in [0.4, 0.5) is 0 Å².